The van der Waals surface area contributed by atoms with Crippen LogP contribution in [0.3, 0.4) is 0 Å². The molecule has 3 rings (SSSR count). The van der Waals surface area contributed by atoms with Crippen LogP contribution in [-0.2, 0) is 19.4 Å². The van der Waals surface area contributed by atoms with Crippen molar-refractivity contribution in [3.63, 3.8) is 0 Å². The minimum Gasteiger partial charge on any atom is -0.497 e. The van der Waals surface area contributed by atoms with Gasteiger partial charge in [0.05, 0.1) is 17.5 Å². The second-order valence-electron chi connectivity index (χ2n) is 6.72. The lowest BCUT2D eigenvalue weighted by atomic mass is 10.1. The molecule has 0 amide bonds. The zero-order valence-electron chi connectivity index (χ0n) is 17.0. The third-order valence-corrected chi connectivity index (χ3v) is 5.87. The van der Waals surface area contributed by atoms with E-state index in [1.807, 2.05) is 24.3 Å². The monoisotopic (exact) mass is 428 g/mol. The number of hydrogen-bond donors (Lipinski definition) is 3. The molecule has 0 spiro atoms. The third-order valence-electron chi connectivity index (χ3n) is 4.36. The van der Waals surface area contributed by atoms with Gasteiger partial charge in [-0.3, -0.25) is 9.78 Å². The molecule has 8 nitrogen and oxygen atoms in total. The predicted octanol–water partition coefficient (Wildman–Crippen LogP) is 3.85. The van der Waals surface area contributed by atoms with Gasteiger partial charge in [0.25, 0.3) is 0 Å². The smallest absolute Gasteiger partial charge is 0.302 e. The molecule has 1 heterocycles. The summed E-state index contributed by atoms with van der Waals surface area (Å²) in [6, 6.07) is 14.3. The van der Waals surface area contributed by atoms with Crippen molar-refractivity contribution in [2.75, 3.05) is 19.0 Å². The van der Waals surface area contributed by atoms with Gasteiger partial charge in [-0.2, -0.15) is 0 Å². The number of aromatic nitrogens is 1. The summed E-state index contributed by atoms with van der Waals surface area (Å²) in [7, 11) is -1.60. The SMILES string of the molecule is COc1ccc2c(Nc3ccc(S(=N)(=O)NC[C@@H](C)OC(C)=O)cc3)ccnc2c1. The van der Waals surface area contributed by atoms with Gasteiger partial charge < -0.3 is 14.8 Å². The van der Waals surface area contributed by atoms with E-state index < -0.39 is 22.0 Å². The fourth-order valence-corrected chi connectivity index (χ4v) is 4.05. The van der Waals surface area contributed by atoms with Gasteiger partial charge in [-0.15, -0.1) is 0 Å². The van der Waals surface area contributed by atoms with Crippen LogP contribution in [0.25, 0.3) is 10.9 Å². The number of nitrogens with one attached hydrogen (secondary N) is 3. The first-order valence-electron chi connectivity index (χ1n) is 9.29. The minimum absolute atomic E-state index is 0.119. The van der Waals surface area contributed by atoms with Crippen molar-refractivity contribution in [1.29, 1.82) is 4.78 Å². The number of rotatable bonds is 8. The minimum atomic E-state index is -3.22. The number of methoxy groups -OCH3 is 1. The van der Waals surface area contributed by atoms with E-state index in [2.05, 4.69) is 15.0 Å². The maximum atomic E-state index is 12.7. The molecular weight excluding hydrogens is 404 g/mol. The molecule has 0 aliphatic rings. The van der Waals surface area contributed by atoms with Crippen molar-refractivity contribution in [1.82, 2.24) is 9.71 Å². The lowest BCUT2D eigenvalue weighted by molar-refractivity contribution is -0.145. The molecule has 1 unspecified atom stereocenters. The zero-order valence-corrected chi connectivity index (χ0v) is 17.8. The Morgan fingerprint density at radius 2 is 1.93 bits per heavy atom. The Bertz CT molecular complexity index is 1150. The van der Waals surface area contributed by atoms with Crippen LogP contribution in [0.5, 0.6) is 5.75 Å². The van der Waals surface area contributed by atoms with E-state index in [0.717, 1.165) is 28.0 Å². The highest BCUT2D eigenvalue weighted by Crippen LogP contribution is 2.28. The number of carbonyl (C=O) groups excluding carboxylic acids is 1. The van der Waals surface area contributed by atoms with Crippen molar-refractivity contribution < 1.29 is 18.5 Å². The highest BCUT2D eigenvalue weighted by Gasteiger charge is 2.13. The van der Waals surface area contributed by atoms with E-state index in [1.165, 1.54) is 6.92 Å². The van der Waals surface area contributed by atoms with Gasteiger partial charge in [0.15, 0.2) is 0 Å². The molecule has 0 saturated heterocycles. The fraction of sp³-hybridized carbons (Fsp3) is 0.238. The van der Waals surface area contributed by atoms with Gasteiger partial charge in [-0.25, -0.2) is 13.7 Å². The number of esters is 1. The molecule has 1 aromatic heterocycles. The highest BCUT2D eigenvalue weighted by molar-refractivity contribution is 7.90. The number of hydrogen-bond acceptors (Lipinski definition) is 7. The Labute approximate surface area is 175 Å². The van der Waals surface area contributed by atoms with Crippen molar-refractivity contribution in [3.8, 4) is 5.75 Å². The normalized spacial score (nSPS) is 14.0. The molecular formula is C21H24N4O4S. The summed E-state index contributed by atoms with van der Waals surface area (Å²) in [4.78, 5) is 15.7. The lowest BCUT2D eigenvalue weighted by Crippen LogP contribution is -2.32. The molecule has 9 heteroatoms. The zero-order chi connectivity index (χ0) is 21.7. The summed E-state index contributed by atoms with van der Waals surface area (Å²) < 4.78 is 33.7. The molecule has 158 valence electrons. The van der Waals surface area contributed by atoms with Crippen molar-refractivity contribution >= 4 is 38.2 Å². The standard InChI is InChI=1S/C21H24N4O4S/c1-14(29-15(2)26)13-24-30(22,27)18-7-4-16(5-8-18)25-20-10-11-23-21-12-17(28-3)6-9-19(20)21/h4-12,14H,13H2,1-3H3,(H,23,25)(H2,22,24,27)/t14-,30?/m1/s1. The van der Waals surface area contributed by atoms with Gasteiger partial charge in [0.2, 0.25) is 0 Å². The van der Waals surface area contributed by atoms with Gasteiger partial charge in [0.1, 0.15) is 21.8 Å². The van der Waals surface area contributed by atoms with Crippen LogP contribution in [0.4, 0.5) is 11.4 Å². The molecule has 0 fully saturated rings. The second-order valence-corrected chi connectivity index (χ2v) is 8.59. The van der Waals surface area contributed by atoms with E-state index in [-0.39, 0.29) is 6.54 Å². The summed E-state index contributed by atoms with van der Waals surface area (Å²) in [6.45, 7) is 3.10. The maximum absolute atomic E-state index is 12.7. The van der Waals surface area contributed by atoms with Gasteiger partial charge >= 0.3 is 5.97 Å². The molecule has 2 atom stereocenters. The van der Waals surface area contributed by atoms with Crippen molar-refractivity contribution in [3.05, 3.63) is 54.7 Å². The molecule has 3 N–H and O–H groups in total. The van der Waals surface area contributed by atoms with Crippen LogP contribution in [0, 0.1) is 4.78 Å². The summed E-state index contributed by atoms with van der Waals surface area (Å²) >= 11 is 0. The van der Waals surface area contributed by atoms with Crippen LogP contribution in [0.15, 0.2) is 59.6 Å². The average molecular weight is 429 g/mol. The van der Waals surface area contributed by atoms with Gasteiger partial charge in [-0.05, 0) is 49.4 Å². The Morgan fingerprint density at radius 3 is 2.60 bits per heavy atom. The van der Waals surface area contributed by atoms with Crippen molar-refractivity contribution in [2.24, 2.45) is 0 Å². The molecule has 0 aliphatic heterocycles. The van der Waals surface area contributed by atoms with Crippen LogP contribution in [0.1, 0.15) is 13.8 Å². The Balaban J connectivity index is 1.73. The van der Waals surface area contributed by atoms with E-state index in [4.69, 9.17) is 14.3 Å². The third kappa shape index (κ3) is 5.25. The van der Waals surface area contributed by atoms with Crippen LogP contribution in [0.2, 0.25) is 0 Å². The topological polar surface area (TPSA) is 113 Å². The summed E-state index contributed by atoms with van der Waals surface area (Å²) in [5, 5.41) is 4.26. The van der Waals surface area contributed by atoms with E-state index >= 15 is 0 Å². The fourth-order valence-electron chi connectivity index (χ4n) is 2.89. The maximum Gasteiger partial charge on any atom is 0.302 e. The molecule has 0 aliphatic carbocycles. The number of fused-ring (bicyclic) bond motifs is 1. The number of ether oxygens (including phenoxy) is 2. The summed E-state index contributed by atoms with van der Waals surface area (Å²) in [5.41, 5.74) is 2.46. The Kier molecular flexibility index (Phi) is 6.53. The quantitative estimate of drug-likeness (QED) is 0.470. The lowest BCUT2D eigenvalue weighted by Gasteiger charge is -2.15. The van der Waals surface area contributed by atoms with Crippen LogP contribution >= 0.6 is 0 Å². The molecule has 30 heavy (non-hydrogen) atoms. The number of anilines is 2. The molecule has 0 radical (unpaired) electrons. The first-order valence-corrected chi connectivity index (χ1v) is 10.8. The number of carbonyl (C=O) groups is 1. The number of benzene rings is 2. The summed E-state index contributed by atoms with van der Waals surface area (Å²) in [5.74, 6) is 0.315. The number of nitrogens with zero attached hydrogens (tertiary/aromatic N) is 1. The molecule has 0 saturated carbocycles. The van der Waals surface area contributed by atoms with Gasteiger partial charge in [-0.1, -0.05) is 0 Å². The summed E-state index contributed by atoms with van der Waals surface area (Å²) in [6.07, 6.45) is 1.23. The first-order chi connectivity index (χ1) is 14.3. The van der Waals surface area contributed by atoms with Gasteiger partial charge in [0, 0.05) is 42.5 Å². The largest absolute Gasteiger partial charge is 0.497 e. The van der Waals surface area contributed by atoms with E-state index in [9.17, 15) is 9.00 Å². The molecule has 3 aromatic rings. The van der Waals surface area contributed by atoms with E-state index in [1.54, 1.807) is 44.5 Å². The second kappa shape index (κ2) is 9.10. The van der Waals surface area contributed by atoms with Crippen LogP contribution < -0.4 is 14.8 Å². The Hall–Kier alpha value is -3.17. The van der Waals surface area contributed by atoms with Crippen molar-refractivity contribution in [2.45, 2.75) is 24.8 Å². The van der Waals surface area contributed by atoms with E-state index in [0.29, 0.717) is 4.90 Å². The average Bonchev–Trinajstić information content (AvgIpc) is 2.72. The first kappa shape index (κ1) is 21.5. The Morgan fingerprint density at radius 1 is 1.20 bits per heavy atom. The van der Waals surface area contributed by atoms with Crippen LogP contribution in [-0.4, -0.2) is 34.9 Å². The molecule has 2 aromatic carbocycles. The number of pyridine rings is 1. The molecule has 0 bridgehead atoms. The predicted molar refractivity (Wildman–Crippen MR) is 116 cm³/mol. The highest BCUT2D eigenvalue weighted by atomic mass is 32.2.